The second-order valence-electron chi connectivity index (χ2n) is 5.51. The maximum atomic E-state index is 13.5. The first-order chi connectivity index (χ1) is 9.58. The highest BCUT2D eigenvalue weighted by atomic mass is 19.1. The first-order valence-electron chi connectivity index (χ1n) is 7.17. The van der Waals surface area contributed by atoms with E-state index < -0.39 is 5.54 Å². The molecule has 1 aromatic rings. The minimum Gasteiger partial charge on any atom is -0.490 e. The smallest absolute Gasteiger partial charge is 0.129 e. The summed E-state index contributed by atoms with van der Waals surface area (Å²) in [6.45, 7) is 4.64. The van der Waals surface area contributed by atoms with E-state index in [2.05, 4.69) is 18.3 Å². The van der Waals surface area contributed by atoms with Crippen LogP contribution in [-0.2, 0) is 0 Å². The number of benzene rings is 1. The number of aryl methyl sites for hydroxylation is 1. The average Bonchev–Trinajstić information content (AvgIpc) is 2.85. The van der Waals surface area contributed by atoms with Gasteiger partial charge in [0.1, 0.15) is 23.2 Å². The predicted octanol–water partition coefficient (Wildman–Crippen LogP) is 3.33. The van der Waals surface area contributed by atoms with Gasteiger partial charge in [0.2, 0.25) is 0 Å². The van der Waals surface area contributed by atoms with Crippen molar-refractivity contribution in [2.45, 2.75) is 51.2 Å². The van der Waals surface area contributed by atoms with Crippen molar-refractivity contribution in [3.63, 3.8) is 0 Å². The summed E-state index contributed by atoms with van der Waals surface area (Å²) in [5, 5.41) is 12.7. The van der Waals surface area contributed by atoms with Crippen LogP contribution in [0.4, 0.5) is 4.39 Å². The maximum absolute atomic E-state index is 13.5. The molecule has 4 heteroatoms. The van der Waals surface area contributed by atoms with Crippen molar-refractivity contribution < 1.29 is 9.13 Å². The van der Waals surface area contributed by atoms with Gasteiger partial charge in [-0.3, -0.25) is 5.32 Å². The number of nitrogens with zero attached hydrogens (tertiary/aromatic N) is 1. The zero-order valence-electron chi connectivity index (χ0n) is 12.1. The lowest BCUT2D eigenvalue weighted by molar-refractivity contribution is 0.200. The number of hydrogen-bond acceptors (Lipinski definition) is 3. The van der Waals surface area contributed by atoms with Crippen molar-refractivity contribution in [1.82, 2.24) is 5.32 Å². The summed E-state index contributed by atoms with van der Waals surface area (Å²) < 4.78 is 19.3. The zero-order chi connectivity index (χ0) is 14.6. The lowest BCUT2D eigenvalue weighted by Crippen LogP contribution is -2.42. The Bertz CT molecular complexity index is 512. The fourth-order valence-electron chi connectivity index (χ4n) is 2.61. The lowest BCUT2D eigenvalue weighted by Gasteiger charge is -2.22. The Balaban J connectivity index is 1.98. The van der Waals surface area contributed by atoms with Crippen LogP contribution >= 0.6 is 0 Å². The molecular formula is C16H21FN2O. The molecule has 108 valence electrons. The van der Waals surface area contributed by atoms with Crippen molar-refractivity contribution in [2.75, 3.05) is 6.54 Å². The van der Waals surface area contributed by atoms with Gasteiger partial charge < -0.3 is 4.74 Å². The standard InChI is InChI=1S/C16H21FN2O/c1-3-8-19-16(11-18)7-6-14(10-16)20-13-5-4-12(2)15(17)9-13/h4-5,9,14,19H,3,6-8,10H2,1-2H3. The van der Waals surface area contributed by atoms with Gasteiger partial charge in [-0.25, -0.2) is 4.39 Å². The molecule has 1 fully saturated rings. The molecule has 0 aliphatic heterocycles. The molecule has 2 rings (SSSR count). The van der Waals surface area contributed by atoms with Crippen LogP contribution in [0.15, 0.2) is 18.2 Å². The lowest BCUT2D eigenvalue weighted by atomic mass is 9.99. The molecule has 0 aromatic heterocycles. The second kappa shape index (κ2) is 6.23. The maximum Gasteiger partial charge on any atom is 0.129 e. The molecule has 0 bridgehead atoms. The summed E-state index contributed by atoms with van der Waals surface area (Å²) in [5.41, 5.74) is 0.129. The fraction of sp³-hybridized carbons (Fsp3) is 0.562. The molecule has 20 heavy (non-hydrogen) atoms. The van der Waals surface area contributed by atoms with Crippen molar-refractivity contribution in [2.24, 2.45) is 0 Å². The summed E-state index contributed by atoms with van der Waals surface area (Å²) in [6, 6.07) is 7.30. The van der Waals surface area contributed by atoms with Gasteiger partial charge in [-0.05, 0) is 44.4 Å². The number of hydrogen-bond donors (Lipinski definition) is 1. The van der Waals surface area contributed by atoms with Crippen LogP contribution in [0, 0.1) is 24.1 Å². The average molecular weight is 276 g/mol. The van der Waals surface area contributed by atoms with E-state index in [0.717, 1.165) is 25.8 Å². The van der Waals surface area contributed by atoms with E-state index in [0.29, 0.717) is 17.7 Å². The van der Waals surface area contributed by atoms with E-state index in [1.165, 1.54) is 6.07 Å². The van der Waals surface area contributed by atoms with Crippen LogP contribution in [-0.4, -0.2) is 18.2 Å². The van der Waals surface area contributed by atoms with E-state index in [4.69, 9.17) is 4.74 Å². The Morgan fingerprint density at radius 3 is 3.00 bits per heavy atom. The van der Waals surface area contributed by atoms with Gasteiger partial charge in [-0.1, -0.05) is 13.0 Å². The monoisotopic (exact) mass is 276 g/mol. The molecule has 1 aliphatic rings. The van der Waals surface area contributed by atoms with Crippen LogP contribution in [0.2, 0.25) is 0 Å². The third kappa shape index (κ3) is 3.29. The first-order valence-corrected chi connectivity index (χ1v) is 7.17. The number of nitriles is 1. The van der Waals surface area contributed by atoms with Crippen molar-refractivity contribution in [1.29, 1.82) is 5.26 Å². The number of rotatable bonds is 5. The molecule has 0 amide bonds. The molecule has 1 aromatic carbocycles. The molecule has 0 spiro atoms. The SMILES string of the molecule is CCCNC1(C#N)CCC(Oc2ccc(C)c(F)c2)C1. The topological polar surface area (TPSA) is 45.0 Å². The van der Waals surface area contributed by atoms with Gasteiger partial charge in [-0.2, -0.15) is 5.26 Å². The van der Waals surface area contributed by atoms with Crippen LogP contribution in [0.1, 0.15) is 38.2 Å². The van der Waals surface area contributed by atoms with Crippen molar-refractivity contribution in [3.05, 3.63) is 29.6 Å². The van der Waals surface area contributed by atoms with Crippen LogP contribution in [0.3, 0.4) is 0 Å². The molecule has 0 saturated heterocycles. The van der Waals surface area contributed by atoms with E-state index >= 15 is 0 Å². The van der Waals surface area contributed by atoms with Gasteiger partial charge in [0, 0.05) is 12.5 Å². The molecule has 1 aliphatic carbocycles. The van der Waals surface area contributed by atoms with Gasteiger partial charge in [0.15, 0.2) is 0 Å². The van der Waals surface area contributed by atoms with E-state index in [9.17, 15) is 9.65 Å². The summed E-state index contributed by atoms with van der Waals surface area (Å²) in [7, 11) is 0. The molecular weight excluding hydrogens is 255 g/mol. The largest absolute Gasteiger partial charge is 0.490 e. The number of ether oxygens (including phenoxy) is 1. The minimum absolute atomic E-state index is 0.0267. The molecule has 1 saturated carbocycles. The quantitative estimate of drug-likeness (QED) is 0.897. The normalized spacial score (nSPS) is 25.4. The molecule has 2 atom stereocenters. The van der Waals surface area contributed by atoms with E-state index in [-0.39, 0.29) is 11.9 Å². The molecule has 2 unspecified atom stereocenters. The molecule has 0 heterocycles. The fourth-order valence-corrected chi connectivity index (χ4v) is 2.61. The highest BCUT2D eigenvalue weighted by Crippen LogP contribution is 2.32. The van der Waals surface area contributed by atoms with E-state index in [1.807, 2.05) is 0 Å². The van der Waals surface area contributed by atoms with Crippen LogP contribution in [0.25, 0.3) is 0 Å². The molecule has 0 radical (unpaired) electrons. The Morgan fingerprint density at radius 1 is 1.55 bits per heavy atom. The summed E-state index contributed by atoms with van der Waals surface area (Å²) in [6.07, 6.45) is 3.22. The first kappa shape index (κ1) is 14.8. The summed E-state index contributed by atoms with van der Waals surface area (Å²) in [5.74, 6) is 0.290. The predicted molar refractivity (Wildman–Crippen MR) is 76.0 cm³/mol. The van der Waals surface area contributed by atoms with Crippen molar-refractivity contribution >= 4 is 0 Å². The summed E-state index contributed by atoms with van der Waals surface area (Å²) >= 11 is 0. The van der Waals surface area contributed by atoms with Gasteiger partial charge in [0.05, 0.1) is 6.07 Å². The highest BCUT2D eigenvalue weighted by Gasteiger charge is 2.40. The zero-order valence-corrected chi connectivity index (χ0v) is 12.1. The van der Waals surface area contributed by atoms with Gasteiger partial charge in [-0.15, -0.1) is 0 Å². The number of nitrogens with one attached hydrogen (secondary N) is 1. The van der Waals surface area contributed by atoms with E-state index in [1.54, 1.807) is 19.1 Å². The second-order valence-corrected chi connectivity index (χ2v) is 5.51. The van der Waals surface area contributed by atoms with Gasteiger partial charge in [0.25, 0.3) is 0 Å². The summed E-state index contributed by atoms with van der Waals surface area (Å²) in [4.78, 5) is 0. The Morgan fingerprint density at radius 2 is 2.35 bits per heavy atom. The Labute approximate surface area is 119 Å². The van der Waals surface area contributed by atoms with Gasteiger partial charge >= 0.3 is 0 Å². The van der Waals surface area contributed by atoms with Crippen LogP contribution < -0.4 is 10.1 Å². The molecule has 1 N–H and O–H groups in total. The highest BCUT2D eigenvalue weighted by molar-refractivity contribution is 5.28. The Kier molecular flexibility index (Phi) is 4.61. The Hall–Kier alpha value is -1.60. The third-order valence-corrected chi connectivity index (χ3v) is 3.84. The molecule has 3 nitrogen and oxygen atoms in total. The van der Waals surface area contributed by atoms with Crippen LogP contribution in [0.5, 0.6) is 5.75 Å². The van der Waals surface area contributed by atoms with Crippen molar-refractivity contribution in [3.8, 4) is 11.8 Å². The number of halogens is 1. The minimum atomic E-state index is -0.482. The third-order valence-electron chi connectivity index (χ3n) is 3.84.